The number of aromatic nitrogens is 2. The fourth-order valence-electron chi connectivity index (χ4n) is 1.34. The van der Waals surface area contributed by atoms with Crippen molar-refractivity contribution in [2.45, 2.75) is 4.90 Å². The molecule has 0 amide bonds. The number of benzene rings is 1. The van der Waals surface area contributed by atoms with E-state index >= 15 is 0 Å². The summed E-state index contributed by atoms with van der Waals surface area (Å²) < 4.78 is 23.1. The molecule has 1 heterocycles. The van der Waals surface area contributed by atoms with Gasteiger partial charge in [-0.1, -0.05) is 12.1 Å². The Morgan fingerprint density at radius 2 is 1.88 bits per heavy atom. The fraction of sp³-hybridized carbons (Fsp3) is 0.0909. The Balaban J connectivity index is 2.68. The van der Waals surface area contributed by atoms with E-state index in [4.69, 9.17) is 0 Å². The van der Waals surface area contributed by atoms with Crippen molar-refractivity contribution in [1.82, 2.24) is 9.97 Å². The van der Waals surface area contributed by atoms with Crippen LogP contribution >= 0.6 is 0 Å². The van der Waals surface area contributed by atoms with Crippen molar-refractivity contribution in [2.75, 3.05) is 6.26 Å². The molecule has 1 radical (unpaired) electrons. The molecule has 0 atom stereocenters. The van der Waals surface area contributed by atoms with Crippen molar-refractivity contribution < 1.29 is 8.42 Å². The molecule has 4 nitrogen and oxygen atoms in total. The lowest BCUT2D eigenvalue weighted by atomic mass is 10.2. The maximum atomic E-state index is 11.5. The standard InChI is InChI=1S/C11H9N2O2S/c1-16(14,15)10-6-3-2-5-9(10)11-12-7-4-8-13-11/h2-5,7-8H,1H3. The quantitative estimate of drug-likeness (QED) is 0.785. The molecule has 0 saturated heterocycles. The molecule has 2 rings (SSSR count). The Kier molecular flexibility index (Phi) is 2.70. The maximum Gasteiger partial charge on any atom is 0.176 e. The van der Waals surface area contributed by atoms with Crippen molar-refractivity contribution in [3.63, 3.8) is 0 Å². The molecular formula is C11H9N2O2S. The first-order valence-corrected chi connectivity index (χ1v) is 6.46. The van der Waals surface area contributed by atoms with Crippen LogP contribution in [0.1, 0.15) is 0 Å². The number of hydrogen-bond donors (Lipinski definition) is 0. The van der Waals surface area contributed by atoms with Crippen LogP contribution in [0, 0.1) is 6.07 Å². The summed E-state index contributed by atoms with van der Waals surface area (Å²) in [6.45, 7) is 0. The minimum Gasteiger partial charge on any atom is -0.237 e. The highest BCUT2D eigenvalue weighted by molar-refractivity contribution is 7.90. The third-order valence-electron chi connectivity index (χ3n) is 2.00. The van der Waals surface area contributed by atoms with Crippen LogP contribution in [0.2, 0.25) is 0 Å². The van der Waals surface area contributed by atoms with Gasteiger partial charge in [0.1, 0.15) is 0 Å². The van der Waals surface area contributed by atoms with Crippen molar-refractivity contribution in [1.29, 1.82) is 0 Å². The molecule has 1 aromatic carbocycles. The Bertz CT molecular complexity index is 594. The molecule has 2 aromatic rings. The second-order valence-electron chi connectivity index (χ2n) is 3.26. The Hall–Kier alpha value is -1.75. The topological polar surface area (TPSA) is 59.9 Å². The molecule has 0 N–H and O–H groups in total. The van der Waals surface area contributed by atoms with Crippen LogP contribution in [-0.4, -0.2) is 24.6 Å². The highest BCUT2D eigenvalue weighted by atomic mass is 32.2. The summed E-state index contributed by atoms with van der Waals surface area (Å²) in [7, 11) is -3.32. The first kappa shape index (κ1) is 10.8. The lowest BCUT2D eigenvalue weighted by molar-refractivity contribution is 0.602. The highest BCUT2D eigenvalue weighted by Crippen LogP contribution is 2.22. The van der Waals surface area contributed by atoms with Crippen molar-refractivity contribution in [3.8, 4) is 11.4 Å². The zero-order chi connectivity index (χ0) is 11.6. The molecule has 0 saturated carbocycles. The van der Waals surface area contributed by atoms with Crippen LogP contribution in [0.3, 0.4) is 0 Å². The van der Waals surface area contributed by atoms with E-state index in [1.54, 1.807) is 36.7 Å². The highest BCUT2D eigenvalue weighted by Gasteiger charge is 2.15. The normalized spacial score (nSPS) is 11.3. The van der Waals surface area contributed by atoms with Gasteiger partial charge < -0.3 is 0 Å². The molecule has 5 heteroatoms. The number of hydrogen-bond acceptors (Lipinski definition) is 4. The second-order valence-corrected chi connectivity index (χ2v) is 5.21. The third kappa shape index (κ3) is 2.09. The summed E-state index contributed by atoms with van der Waals surface area (Å²) in [4.78, 5) is 8.18. The first-order chi connectivity index (χ1) is 7.59. The summed E-state index contributed by atoms with van der Waals surface area (Å²) in [5.74, 6) is 0.389. The zero-order valence-corrected chi connectivity index (χ0v) is 9.40. The van der Waals surface area contributed by atoms with Crippen LogP contribution < -0.4 is 0 Å². The summed E-state index contributed by atoms with van der Waals surface area (Å²) in [6, 6.07) is 9.32. The minimum absolute atomic E-state index is 0.126. The van der Waals surface area contributed by atoms with E-state index in [9.17, 15) is 8.42 Å². The van der Waals surface area contributed by atoms with Crippen molar-refractivity contribution in [2.24, 2.45) is 0 Å². The lowest BCUT2D eigenvalue weighted by Crippen LogP contribution is -2.01. The molecule has 0 aliphatic heterocycles. The van der Waals surface area contributed by atoms with Gasteiger partial charge in [-0.2, -0.15) is 0 Å². The van der Waals surface area contributed by atoms with Gasteiger partial charge in [0.05, 0.1) is 4.90 Å². The van der Waals surface area contributed by atoms with Gasteiger partial charge >= 0.3 is 0 Å². The molecule has 0 aliphatic rings. The average molecular weight is 233 g/mol. The summed E-state index contributed by atoms with van der Waals surface area (Å²) >= 11 is 0. The Labute approximate surface area is 93.9 Å². The van der Waals surface area contributed by atoms with E-state index in [0.717, 1.165) is 6.26 Å². The van der Waals surface area contributed by atoms with Gasteiger partial charge in [-0.15, -0.1) is 0 Å². The SMILES string of the molecule is CS(=O)(=O)c1[c]cccc1-c1ncccn1. The summed E-state index contributed by atoms with van der Waals surface area (Å²) in [5, 5.41) is 0. The second kappa shape index (κ2) is 4.02. The van der Waals surface area contributed by atoms with Gasteiger partial charge in [0.15, 0.2) is 15.7 Å². The van der Waals surface area contributed by atoms with Crippen LogP contribution in [0.4, 0.5) is 0 Å². The molecule has 0 fully saturated rings. The summed E-state index contributed by atoms with van der Waals surface area (Å²) in [6.07, 6.45) is 4.29. The van der Waals surface area contributed by atoms with Gasteiger partial charge in [0.2, 0.25) is 0 Å². The monoisotopic (exact) mass is 233 g/mol. The zero-order valence-electron chi connectivity index (χ0n) is 8.58. The average Bonchev–Trinajstić information content (AvgIpc) is 2.29. The predicted molar refractivity (Wildman–Crippen MR) is 59.4 cm³/mol. The van der Waals surface area contributed by atoms with Gasteiger partial charge in [-0.25, -0.2) is 18.4 Å². The molecule has 0 unspecified atom stereocenters. The van der Waals surface area contributed by atoms with Crippen LogP contribution in [0.15, 0.2) is 41.6 Å². The molecule has 81 valence electrons. The van der Waals surface area contributed by atoms with Crippen molar-refractivity contribution >= 4 is 9.84 Å². The fourth-order valence-corrected chi connectivity index (χ4v) is 2.18. The number of sulfone groups is 1. The largest absolute Gasteiger partial charge is 0.237 e. The number of rotatable bonds is 2. The van der Waals surface area contributed by atoms with Crippen LogP contribution in [0.25, 0.3) is 11.4 Å². The molecule has 0 aliphatic carbocycles. The molecule has 0 bridgehead atoms. The smallest absolute Gasteiger partial charge is 0.176 e. The van der Waals surface area contributed by atoms with Crippen LogP contribution in [-0.2, 0) is 9.84 Å². The maximum absolute atomic E-state index is 11.5. The summed E-state index contributed by atoms with van der Waals surface area (Å²) in [5.41, 5.74) is 0.477. The predicted octanol–water partition coefficient (Wildman–Crippen LogP) is 1.35. The molecule has 1 aromatic heterocycles. The Morgan fingerprint density at radius 3 is 2.50 bits per heavy atom. The van der Waals surface area contributed by atoms with Crippen LogP contribution in [0.5, 0.6) is 0 Å². The van der Waals surface area contributed by atoms with Gasteiger partial charge in [0, 0.05) is 30.3 Å². The minimum atomic E-state index is -3.32. The van der Waals surface area contributed by atoms with Gasteiger partial charge in [-0.05, 0) is 12.1 Å². The van der Waals surface area contributed by atoms with E-state index < -0.39 is 9.84 Å². The lowest BCUT2D eigenvalue weighted by Gasteiger charge is -2.04. The molecule has 0 spiro atoms. The van der Waals surface area contributed by atoms with E-state index in [-0.39, 0.29) is 4.90 Å². The van der Waals surface area contributed by atoms with E-state index in [1.807, 2.05) is 0 Å². The number of nitrogens with zero attached hydrogens (tertiary/aromatic N) is 2. The Morgan fingerprint density at radius 1 is 1.19 bits per heavy atom. The van der Waals surface area contributed by atoms with Gasteiger partial charge in [0.25, 0.3) is 0 Å². The van der Waals surface area contributed by atoms with Crippen molar-refractivity contribution in [3.05, 3.63) is 42.7 Å². The van der Waals surface area contributed by atoms with E-state index in [1.165, 1.54) is 0 Å². The first-order valence-electron chi connectivity index (χ1n) is 4.57. The van der Waals surface area contributed by atoms with E-state index in [0.29, 0.717) is 11.4 Å². The van der Waals surface area contributed by atoms with E-state index in [2.05, 4.69) is 16.0 Å². The third-order valence-corrected chi connectivity index (χ3v) is 3.07. The molecule has 16 heavy (non-hydrogen) atoms. The van der Waals surface area contributed by atoms with Gasteiger partial charge in [-0.3, -0.25) is 0 Å². The molecular weight excluding hydrogens is 224 g/mol.